The number of nitrogens with two attached hydrogens (primary N) is 1. The molecule has 0 saturated heterocycles. The molecule has 2 nitrogen and oxygen atoms in total. The standard InChI is InChI=1S/C11H22N2/c1-3-5-11(13-12)10-7-6-9(4-2)8-10/h3,9-11,13H,1,4-8,12H2,2H3. The van der Waals surface area contributed by atoms with Gasteiger partial charge in [0.05, 0.1) is 0 Å². The van der Waals surface area contributed by atoms with Crippen molar-refractivity contribution in [2.75, 3.05) is 0 Å². The summed E-state index contributed by atoms with van der Waals surface area (Å²) >= 11 is 0. The largest absolute Gasteiger partial charge is 0.271 e. The smallest absolute Gasteiger partial charge is 0.0273 e. The first-order chi connectivity index (χ1) is 6.31. The summed E-state index contributed by atoms with van der Waals surface area (Å²) in [6, 6.07) is 0.453. The zero-order valence-electron chi connectivity index (χ0n) is 8.63. The van der Waals surface area contributed by atoms with E-state index in [0.29, 0.717) is 6.04 Å². The van der Waals surface area contributed by atoms with Crippen molar-refractivity contribution in [2.45, 2.75) is 45.1 Å². The summed E-state index contributed by atoms with van der Waals surface area (Å²) in [6.07, 6.45) is 8.35. The predicted molar refractivity (Wildman–Crippen MR) is 57.0 cm³/mol. The molecular weight excluding hydrogens is 160 g/mol. The molecule has 1 fully saturated rings. The molecule has 76 valence electrons. The number of rotatable bonds is 5. The Morgan fingerprint density at radius 3 is 2.85 bits per heavy atom. The minimum Gasteiger partial charge on any atom is -0.271 e. The van der Waals surface area contributed by atoms with Crippen LogP contribution in [0.4, 0.5) is 0 Å². The van der Waals surface area contributed by atoms with Crippen LogP contribution >= 0.6 is 0 Å². The highest BCUT2D eigenvalue weighted by atomic mass is 15.2. The van der Waals surface area contributed by atoms with E-state index in [4.69, 9.17) is 5.84 Å². The monoisotopic (exact) mass is 182 g/mol. The Balaban J connectivity index is 2.37. The number of hydrogen-bond acceptors (Lipinski definition) is 2. The Hall–Kier alpha value is -0.340. The summed E-state index contributed by atoms with van der Waals surface area (Å²) in [5, 5.41) is 0. The van der Waals surface area contributed by atoms with E-state index in [1.165, 1.54) is 25.7 Å². The van der Waals surface area contributed by atoms with Gasteiger partial charge < -0.3 is 0 Å². The third-order valence-electron chi connectivity index (χ3n) is 3.36. The van der Waals surface area contributed by atoms with Crippen LogP contribution in [0.15, 0.2) is 12.7 Å². The van der Waals surface area contributed by atoms with Gasteiger partial charge in [-0.1, -0.05) is 25.8 Å². The molecule has 3 N–H and O–H groups in total. The van der Waals surface area contributed by atoms with E-state index in [0.717, 1.165) is 18.3 Å². The Bertz CT molecular complexity index is 156. The fourth-order valence-electron chi connectivity index (χ4n) is 2.43. The second kappa shape index (κ2) is 5.40. The Morgan fingerprint density at radius 1 is 1.62 bits per heavy atom. The summed E-state index contributed by atoms with van der Waals surface area (Å²) in [7, 11) is 0. The van der Waals surface area contributed by atoms with Crippen LogP contribution in [0.2, 0.25) is 0 Å². The third kappa shape index (κ3) is 2.82. The van der Waals surface area contributed by atoms with E-state index in [9.17, 15) is 0 Å². The zero-order chi connectivity index (χ0) is 9.68. The van der Waals surface area contributed by atoms with Crippen LogP contribution in [-0.2, 0) is 0 Å². The predicted octanol–water partition coefficient (Wildman–Crippen LogP) is 2.22. The highest BCUT2D eigenvalue weighted by molar-refractivity contribution is 4.87. The lowest BCUT2D eigenvalue weighted by atomic mass is 9.94. The molecule has 1 saturated carbocycles. The van der Waals surface area contributed by atoms with Crippen molar-refractivity contribution in [2.24, 2.45) is 17.7 Å². The first-order valence-corrected chi connectivity index (χ1v) is 5.38. The average molecular weight is 182 g/mol. The summed E-state index contributed by atoms with van der Waals surface area (Å²) in [6.45, 7) is 6.05. The van der Waals surface area contributed by atoms with Crippen LogP contribution in [-0.4, -0.2) is 6.04 Å². The van der Waals surface area contributed by atoms with E-state index < -0.39 is 0 Å². The first-order valence-electron chi connectivity index (χ1n) is 5.38. The van der Waals surface area contributed by atoms with Gasteiger partial charge in [0.1, 0.15) is 0 Å². The van der Waals surface area contributed by atoms with Gasteiger partial charge in [-0.05, 0) is 31.1 Å². The van der Waals surface area contributed by atoms with Gasteiger partial charge >= 0.3 is 0 Å². The lowest BCUT2D eigenvalue weighted by Crippen LogP contribution is -2.39. The molecule has 0 aromatic carbocycles. The van der Waals surface area contributed by atoms with Crippen molar-refractivity contribution in [3.63, 3.8) is 0 Å². The molecular formula is C11H22N2. The Labute approximate surface area is 81.6 Å². The molecule has 1 aliphatic carbocycles. The van der Waals surface area contributed by atoms with E-state index in [1.807, 2.05) is 6.08 Å². The van der Waals surface area contributed by atoms with Gasteiger partial charge in [0.25, 0.3) is 0 Å². The van der Waals surface area contributed by atoms with E-state index in [2.05, 4.69) is 18.9 Å². The maximum Gasteiger partial charge on any atom is 0.0273 e. The van der Waals surface area contributed by atoms with Gasteiger partial charge in [0.2, 0.25) is 0 Å². The lowest BCUT2D eigenvalue weighted by molar-refractivity contribution is 0.352. The zero-order valence-corrected chi connectivity index (χ0v) is 8.63. The maximum atomic E-state index is 5.53. The van der Waals surface area contributed by atoms with Gasteiger partial charge in [0, 0.05) is 6.04 Å². The molecule has 1 rings (SSSR count). The maximum absolute atomic E-state index is 5.53. The van der Waals surface area contributed by atoms with E-state index >= 15 is 0 Å². The van der Waals surface area contributed by atoms with Gasteiger partial charge in [0.15, 0.2) is 0 Å². The van der Waals surface area contributed by atoms with Gasteiger partial charge in [-0.15, -0.1) is 6.58 Å². The van der Waals surface area contributed by atoms with Crippen molar-refractivity contribution < 1.29 is 0 Å². The molecule has 3 atom stereocenters. The van der Waals surface area contributed by atoms with Crippen LogP contribution < -0.4 is 11.3 Å². The molecule has 3 unspecified atom stereocenters. The molecule has 0 spiro atoms. The molecule has 0 aromatic rings. The number of hydrogen-bond donors (Lipinski definition) is 2. The fourth-order valence-corrected chi connectivity index (χ4v) is 2.43. The minimum atomic E-state index is 0.453. The Kier molecular flexibility index (Phi) is 4.46. The highest BCUT2D eigenvalue weighted by Crippen LogP contribution is 2.35. The summed E-state index contributed by atoms with van der Waals surface area (Å²) < 4.78 is 0. The summed E-state index contributed by atoms with van der Waals surface area (Å²) in [5.74, 6) is 7.23. The van der Waals surface area contributed by atoms with E-state index in [1.54, 1.807) is 0 Å². The number of nitrogens with one attached hydrogen (secondary N) is 1. The van der Waals surface area contributed by atoms with E-state index in [-0.39, 0.29) is 0 Å². The van der Waals surface area contributed by atoms with Crippen molar-refractivity contribution in [1.29, 1.82) is 0 Å². The topological polar surface area (TPSA) is 38.0 Å². The van der Waals surface area contributed by atoms with Crippen molar-refractivity contribution in [3.05, 3.63) is 12.7 Å². The average Bonchev–Trinajstić information content (AvgIpc) is 2.62. The van der Waals surface area contributed by atoms with Crippen molar-refractivity contribution in [1.82, 2.24) is 5.43 Å². The summed E-state index contributed by atoms with van der Waals surface area (Å²) in [4.78, 5) is 0. The van der Waals surface area contributed by atoms with Crippen LogP contribution in [0.3, 0.4) is 0 Å². The quantitative estimate of drug-likeness (QED) is 0.389. The van der Waals surface area contributed by atoms with Crippen LogP contribution in [0.1, 0.15) is 39.0 Å². The fraction of sp³-hybridized carbons (Fsp3) is 0.818. The molecule has 2 heteroatoms. The Morgan fingerprint density at radius 2 is 2.38 bits per heavy atom. The van der Waals surface area contributed by atoms with Crippen molar-refractivity contribution >= 4 is 0 Å². The van der Waals surface area contributed by atoms with Gasteiger partial charge in [-0.3, -0.25) is 11.3 Å². The summed E-state index contributed by atoms with van der Waals surface area (Å²) in [5.41, 5.74) is 2.92. The minimum absolute atomic E-state index is 0.453. The molecule has 1 aliphatic rings. The normalized spacial score (nSPS) is 30.3. The molecule has 0 aromatic heterocycles. The molecule has 0 radical (unpaired) electrons. The lowest BCUT2D eigenvalue weighted by Gasteiger charge is -2.21. The van der Waals surface area contributed by atoms with Crippen LogP contribution in [0.25, 0.3) is 0 Å². The molecule has 0 heterocycles. The second-order valence-corrected chi connectivity index (χ2v) is 4.14. The van der Waals surface area contributed by atoms with Gasteiger partial charge in [-0.25, -0.2) is 0 Å². The second-order valence-electron chi connectivity index (χ2n) is 4.14. The van der Waals surface area contributed by atoms with Crippen molar-refractivity contribution in [3.8, 4) is 0 Å². The number of hydrazine groups is 1. The molecule has 0 amide bonds. The first kappa shape index (κ1) is 10.7. The van der Waals surface area contributed by atoms with Crippen LogP contribution in [0.5, 0.6) is 0 Å². The van der Waals surface area contributed by atoms with Crippen LogP contribution in [0, 0.1) is 11.8 Å². The molecule has 0 aliphatic heterocycles. The van der Waals surface area contributed by atoms with Gasteiger partial charge in [-0.2, -0.15) is 0 Å². The third-order valence-corrected chi connectivity index (χ3v) is 3.36. The SMILES string of the molecule is C=CCC(NN)C1CCC(CC)C1. The molecule has 0 bridgehead atoms. The highest BCUT2D eigenvalue weighted by Gasteiger charge is 2.28. The molecule has 13 heavy (non-hydrogen) atoms.